The molecule has 0 fully saturated rings. The lowest BCUT2D eigenvalue weighted by atomic mass is 10.1. The largest absolute Gasteiger partial charge is 0.494 e. The number of benzene rings is 1. The van der Waals surface area contributed by atoms with Crippen molar-refractivity contribution in [1.82, 2.24) is 15.0 Å². The zero-order chi connectivity index (χ0) is 16.7. The van der Waals surface area contributed by atoms with Gasteiger partial charge in [0.15, 0.2) is 0 Å². The number of nitrogens with zero attached hydrogens (tertiary/aromatic N) is 3. The molecule has 0 spiro atoms. The fourth-order valence-corrected chi connectivity index (χ4v) is 2.47. The second-order valence-electron chi connectivity index (χ2n) is 6.33. The van der Waals surface area contributed by atoms with E-state index in [1.54, 1.807) is 0 Å². The maximum Gasteiger partial charge on any atom is 0.119 e. The van der Waals surface area contributed by atoms with E-state index < -0.39 is 0 Å². The fraction of sp³-hybridized carbons (Fsp3) is 0.556. The molecule has 5 heteroatoms. The Hall–Kier alpha value is -1.88. The molecule has 1 N–H and O–H groups in total. The molecule has 0 aliphatic heterocycles. The van der Waals surface area contributed by atoms with Gasteiger partial charge in [0.25, 0.3) is 0 Å². The Balaban J connectivity index is 1.77. The van der Waals surface area contributed by atoms with Gasteiger partial charge in [-0.05, 0) is 44.2 Å². The highest BCUT2D eigenvalue weighted by molar-refractivity contribution is 5.26. The summed E-state index contributed by atoms with van der Waals surface area (Å²) in [4.78, 5) is 0. The maximum absolute atomic E-state index is 9.36. The number of aromatic nitrogens is 3. The van der Waals surface area contributed by atoms with Crippen molar-refractivity contribution in [1.29, 1.82) is 0 Å². The molecule has 0 aliphatic rings. The summed E-state index contributed by atoms with van der Waals surface area (Å²) < 4.78 is 7.66. The Morgan fingerprint density at radius 1 is 1.17 bits per heavy atom. The fourth-order valence-electron chi connectivity index (χ4n) is 2.47. The first-order valence-electron chi connectivity index (χ1n) is 8.31. The van der Waals surface area contributed by atoms with Gasteiger partial charge in [0.1, 0.15) is 11.4 Å². The number of hydrogen-bond acceptors (Lipinski definition) is 4. The van der Waals surface area contributed by atoms with Gasteiger partial charge < -0.3 is 9.84 Å². The van der Waals surface area contributed by atoms with Gasteiger partial charge in [-0.1, -0.05) is 36.8 Å². The van der Waals surface area contributed by atoms with Crippen molar-refractivity contribution in [2.75, 3.05) is 6.61 Å². The highest BCUT2D eigenvalue weighted by atomic mass is 16.5. The van der Waals surface area contributed by atoms with Crippen LogP contribution in [0.2, 0.25) is 0 Å². The Bertz CT molecular complexity index is 591. The van der Waals surface area contributed by atoms with Crippen LogP contribution in [-0.2, 0) is 19.6 Å². The molecule has 5 nitrogen and oxygen atoms in total. The Morgan fingerprint density at radius 3 is 2.57 bits per heavy atom. The number of aliphatic hydroxyl groups excluding tert-OH is 1. The Kier molecular flexibility index (Phi) is 6.59. The SMILES string of the molecule is Cc1ccc(OCCCCn2nnc(CO)c2CC(C)C)cc1. The Morgan fingerprint density at radius 2 is 1.91 bits per heavy atom. The van der Waals surface area contributed by atoms with Gasteiger partial charge in [0.2, 0.25) is 0 Å². The molecule has 1 heterocycles. The molecule has 0 amide bonds. The van der Waals surface area contributed by atoms with E-state index in [0.717, 1.165) is 37.3 Å². The van der Waals surface area contributed by atoms with E-state index in [0.29, 0.717) is 18.2 Å². The molecule has 0 unspecified atom stereocenters. The van der Waals surface area contributed by atoms with Crippen molar-refractivity contribution in [3.05, 3.63) is 41.2 Å². The summed E-state index contributed by atoms with van der Waals surface area (Å²) in [5.74, 6) is 1.43. The lowest BCUT2D eigenvalue weighted by Crippen LogP contribution is -2.10. The van der Waals surface area contributed by atoms with Crippen molar-refractivity contribution >= 4 is 0 Å². The minimum absolute atomic E-state index is 0.0431. The van der Waals surface area contributed by atoms with Gasteiger partial charge in [0, 0.05) is 6.54 Å². The summed E-state index contributed by atoms with van der Waals surface area (Å²) in [5.41, 5.74) is 3.00. The minimum atomic E-state index is -0.0431. The molecule has 0 aliphatic carbocycles. The molecule has 126 valence electrons. The van der Waals surface area contributed by atoms with E-state index in [2.05, 4.69) is 43.2 Å². The van der Waals surface area contributed by atoms with E-state index >= 15 is 0 Å². The van der Waals surface area contributed by atoms with Crippen molar-refractivity contribution in [2.45, 2.75) is 53.2 Å². The molecular formula is C18H27N3O2. The minimum Gasteiger partial charge on any atom is -0.494 e. The predicted octanol–water partition coefficient (Wildman–Crippen LogP) is 3.14. The monoisotopic (exact) mass is 317 g/mol. The van der Waals surface area contributed by atoms with E-state index in [4.69, 9.17) is 4.74 Å². The van der Waals surface area contributed by atoms with Gasteiger partial charge in [-0.3, -0.25) is 0 Å². The number of aryl methyl sites for hydroxylation is 2. The standard InChI is InChI=1S/C18H27N3O2/c1-14(2)12-18-17(13-22)19-20-21(18)10-4-5-11-23-16-8-6-15(3)7-9-16/h6-9,14,22H,4-5,10-13H2,1-3H3. The molecule has 0 saturated carbocycles. The smallest absolute Gasteiger partial charge is 0.119 e. The lowest BCUT2D eigenvalue weighted by molar-refractivity contribution is 0.274. The molecular weight excluding hydrogens is 290 g/mol. The second kappa shape index (κ2) is 8.67. The van der Waals surface area contributed by atoms with Crippen LogP contribution in [0.25, 0.3) is 0 Å². The summed E-state index contributed by atoms with van der Waals surface area (Å²) in [6, 6.07) is 8.11. The lowest BCUT2D eigenvalue weighted by Gasteiger charge is -2.10. The number of hydrogen-bond donors (Lipinski definition) is 1. The third kappa shape index (κ3) is 5.36. The maximum atomic E-state index is 9.36. The summed E-state index contributed by atoms with van der Waals surface area (Å²) in [6.45, 7) is 7.86. The van der Waals surface area contributed by atoms with E-state index in [-0.39, 0.29) is 6.61 Å². The molecule has 2 rings (SSSR count). The van der Waals surface area contributed by atoms with E-state index in [9.17, 15) is 5.11 Å². The number of unbranched alkanes of at least 4 members (excludes halogenated alkanes) is 1. The molecule has 0 bridgehead atoms. The molecule has 1 aromatic carbocycles. The van der Waals surface area contributed by atoms with Crippen LogP contribution in [0.5, 0.6) is 5.75 Å². The van der Waals surface area contributed by atoms with Crippen LogP contribution >= 0.6 is 0 Å². The highest BCUT2D eigenvalue weighted by Crippen LogP contribution is 2.14. The zero-order valence-corrected chi connectivity index (χ0v) is 14.3. The third-order valence-electron chi connectivity index (χ3n) is 3.72. The number of ether oxygens (including phenoxy) is 1. The quantitative estimate of drug-likeness (QED) is 0.722. The molecule has 0 radical (unpaired) electrons. The zero-order valence-electron chi connectivity index (χ0n) is 14.3. The average molecular weight is 317 g/mol. The van der Waals surface area contributed by atoms with E-state index in [1.807, 2.05) is 16.8 Å². The first kappa shape index (κ1) is 17.5. The molecule has 0 atom stereocenters. The van der Waals surface area contributed by atoms with Gasteiger partial charge in [0.05, 0.1) is 18.9 Å². The summed E-state index contributed by atoms with van der Waals surface area (Å²) >= 11 is 0. The van der Waals surface area contributed by atoms with Crippen LogP contribution in [0.3, 0.4) is 0 Å². The van der Waals surface area contributed by atoms with Crippen molar-refractivity contribution < 1.29 is 9.84 Å². The van der Waals surface area contributed by atoms with Crippen molar-refractivity contribution in [3.8, 4) is 5.75 Å². The van der Waals surface area contributed by atoms with Gasteiger partial charge in [-0.25, -0.2) is 4.68 Å². The predicted molar refractivity (Wildman–Crippen MR) is 90.4 cm³/mol. The number of aliphatic hydroxyl groups is 1. The average Bonchev–Trinajstić information content (AvgIpc) is 2.90. The van der Waals surface area contributed by atoms with E-state index in [1.165, 1.54) is 5.56 Å². The number of rotatable bonds is 9. The first-order chi connectivity index (χ1) is 11.1. The molecule has 2 aromatic rings. The van der Waals surface area contributed by atoms with Gasteiger partial charge in [-0.2, -0.15) is 0 Å². The molecule has 23 heavy (non-hydrogen) atoms. The van der Waals surface area contributed by atoms with Crippen molar-refractivity contribution in [3.63, 3.8) is 0 Å². The normalized spacial score (nSPS) is 11.2. The third-order valence-corrected chi connectivity index (χ3v) is 3.72. The van der Waals surface area contributed by atoms with Crippen molar-refractivity contribution in [2.24, 2.45) is 5.92 Å². The first-order valence-corrected chi connectivity index (χ1v) is 8.31. The summed E-state index contributed by atoms with van der Waals surface area (Å²) in [5, 5.41) is 17.6. The van der Waals surface area contributed by atoms with Crippen LogP contribution < -0.4 is 4.74 Å². The topological polar surface area (TPSA) is 60.2 Å². The van der Waals surface area contributed by atoms with Crippen LogP contribution in [0, 0.1) is 12.8 Å². The Labute approximate surface area is 138 Å². The van der Waals surface area contributed by atoms with Gasteiger partial charge in [-0.15, -0.1) is 5.10 Å². The molecule has 1 aromatic heterocycles. The molecule has 0 saturated heterocycles. The summed E-state index contributed by atoms with van der Waals surface area (Å²) in [7, 11) is 0. The summed E-state index contributed by atoms with van der Waals surface area (Å²) in [6.07, 6.45) is 2.83. The van der Waals surface area contributed by atoms with Crippen LogP contribution in [0.15, 0.2) is 24.3 Å². The second-order valence-corrected chi connectivity index (χ2v) is 6.33. The highest BCUT2D eigenvalue weighted by Gasteiger charge is 2.13. The van der Waals surface area contributed by atoms with Crippen LogP contribution in [0.1, 0.15) is 43.6 Å². The van der Waals surface area contributed by atoms with Crippen LogP contribution in [-0.4, -0.2) is 26.7 Å². The van der Waals surface area contributed by atoms with Crippen LogP contribution in [0.4, 0.5) is 0 Å². The van der Waals surface area contributed by atoms with Gasteiger partial charge >= 0.3 is 0 Å².